The number of hydrogen-bond donors (Lipinski definition) is 0. The normalized spacial score (nSPS) is 15.6. The Hall–Kier alpha value is -3.20. The molecule has 4 aromatic rings. The lowest BCUT2D eigenvalue weighted by molar-refractivity contribution is 0.00578. The van der Waals surface area contributed by atoms with Crippen molar-refractivity contribution in [3.05, 3.63) is 88.4 Å². The fourth-order valence-corrected chi connectivity index (χ4v) is 4.84. The van der Waals surface area contributed by atoms with E-state index < -0.39 is 18.3 Å². The first-order valence-electron chi connectivity index (χ1n) is 12.2. The van der Waals surface area contributed by atoms with Crippen LogP contribution in [-0.4, -0.2) is 44.5 Å². The molecule has 4 aromatic carbocycles. The lowest BCUT2D eigenvalue weighted by atomic mass is 9.75. The number of methoxy groups -OCH3 is 2. The van der Waals surface area contributed by atoms with Gasteiger partial charge < -0.3 is 18.8 Å². The lowest BCUT2D eigenvalue weighted by Crippen LogP contribution is -2.41. The fraction of sp³-hybridized carbons (Fsp3) is 0.267. The number of carbonyl (C=O) groups is 2. The van der Waals surface area contributed by atoms with Crippen LogP contribution in [0.4, 0.5) is 0 Å². The Kier molecular flexibility index (Phi) is 7.97. The summed E-state index contributed by atoms with van der Waals surface area (Å²) in [6.07, 6.45) is 0. The van der Waals surface area contributed by atoms with Gasteiger partial charge in [-0.05, 0) is 72.9 Å². The number of esters is 2. The Morgan fingerprint density at radius 3 is 1.74 bits per heavy atom. The van der Waals surface area contributed by atoms with Crippen LogP contribution in [0.3, 0.4) is 0 Å². The van der Waals surface area contributed by atoms with Crippen LogP contribution in [0.5, 0.6) is 0 Å². The first-order valence-corrected chi connectivity index (χ1v) is 13.0. The zero-order valence-electron chi connectivity index (χ0n) is 22.3. The molecular weight excluding hydrogens is 547 g/mol. The van der Waals surface area contributed by atoms with Gasteiger partial charge in [0.05, 0.1) is 36.5 Å². The monoisotopic (exact) mass is 576 g/mol. The number of benzene rings is 4. The minimum Gasteiger partial charge on any atom is -0.465 e. The van der Waals surface area contributed by atoms with Gasteiger partial charge in [0.25, 0.3) is 0 Å². The molecule has 1 fully saturated rings. The molecular formula is C30H30BBrO6. The summed E-state index contributed by atoms with van der Waals surface area (Å²) in [7, 11) is 2.31. The number of carbonyl (C=O) groups excluding carboxylic acids is 2. The van der Waals surface area contributed by atoms with Crippen molar-refractivity contribution in [2.45, 2.75) is 38.9 Å². The van der Waals surface area contributed by atoms with E-state index in [1.807, 2.05) is 88.4 Å². The van der Waals surface area contributed by atoms with E-state index in [-0.39, 0.29) is 11.9 Å². The lowest BCUT2D eigenvalue weighted by Gasteiger charge is -2.32. The van der Waals surface area contributed by atoms with Crippen molar-refractivity contribution in [2.24, 2.45) is 0 Å². The van der Waals surface area contributed by atoms with Crippen LogP contribution >= 0.6 is 15.9 Å². The molecule has 8 heteroatoms. The van der Waals surface area contributed by atoms with Crippen molar-refractivity contribution in [2.75, 3.05) is 14.2 Å². The second-order valence-electron chi connectivity index (χ2n) is 9.96. The third kappa shape index (κ3) is 5.21. The van der Waals surface area contributed by atoms with Crippen molar-refractivity contribution >= 4 is 62.0 Å². The van der Waals surface area contributed by atoms with E-state index in [4.69, 9.17) is 18.8 Å². The number of ether oxygens (including phenoxy) is 2. The van der Waals surface area contributed by atoms with Crippen LogP contribution in [0.15, 0.2) is 77.3 Å². The predicted octanol–water partition coefficient (Wildman–Crippen LogP) is 6.31. The highest BCUT2D eigenvalue weighted by Gasteiger charge is 2.52. The van der Waals surface area contributed by atoms with Crippen molar-refractivity contribution in [3.63, 3.8) is 0 Å². The van der Waals surface area contributed by atoms with Crippen molar-refractivity contribution in [1.82, 2.24) is 0 Å². The van der Waals surface area contributed by atoms with Crippen LogP contribution in [0, 0.1) is 0 Å². The molecule has 0 aliphatic carbocycles. The summed E-state index contributed by atoms with van der Waals surface area (Å²) in [5.41, 5.74) is 1.26. The summed E-state index contributed by atoms with van der Waals surface area (Å²) >= 11 is 3.45. The van der Waals surface area contributed by atoms with Crippen molar-refractivity contribution in [3.8, 4) is 0 Å². The van der Waals surface area contributed by atoms with Gasteiger partial charge in [-0.25, -0.2) is 9.59 Å². The first kappa shape index (κ1) is 27.8. The highest BCUT2D eigenvalue weighted by atomic mass is 79.9. The van der Waals surface area contributed by atoms with Crippen LogP contribution in [0.1, 0.15) is 48.4 Å². The van der Waals surface area contributed by atoms with E-state index >= 15 is 0 Å². The van der Waals surface area contributed by atoms with Crippen LogP contribution in [0.2, 0.25) is 0 Å². The van der Waals surface area contributed by atoms with E-state index in [9.17, 15) is 9.59 Å². The van der Waals surface area contributed by atoms with Crippen molar-refractivity contribution < 1.29 is 28.4 Å². The summed E-state index contributed by atoms with van der Waals surface area (Å²) in [5.74, 6) is -0.652. The van der Waals surface area contributed by atoms with Crippen LogP contribution in [0.25, 0.3) is 21.5 Å². The molecule has 0 amide bonds. The topological polar surface area (TPSA) is 71.1 Å². The molecule has 0 aromatic heterocycles. The highest BCUT2D eigenvalue weighted by Crippen LogP contribution is 2.37. The molecule has 1 saturated heterocycles. The second-order valence-corrected chi connectivity index (χ2v) is 10.8. The SMILES string of the molecule is COC(=O)c1ccc(B2OC(C)(C)C(C)(C)O2)c2ccccc12.COC(=O)c1cccc2c(Br)cccc12. The Morgan fingerprint density at radius 2 is 1.13 bits per heavy atom. The maximum absolute atomic E-state index is 12.0. The fourth-order valence-electron chi connectivity index (χ4n) is 4.35. The van der Waals surface area contributed by atoms with Gasteiger partial charge in [-0.1, -0.05) is 70.5 Å². The van der Waals surface area contributed by atoms with E-state index in [0.29, 0.717) is 11.1 Å². The third-order valence-corrected chi connectivity index (χ3v) is 7.84. The van der Waals surface area contributed by atoms with Gasteiger partial charge in [0.2, 0.25) is 0 Å². The highest BCUT2D eigenvalue weighted by molar-refractivity contribution is 9.10. The number of rotatable bonds is 3. The molecule has 1 aliphatic heterocycles. The molecule has 0 atom stereocenters. The standard InChI is InChI=1S/C18H21BO4.C12H9BrO2/c1-17(2)18(3,4)23-19(22-17)15-11-10-14(16(20)21-5)12-8-6-7-9-13(12)15;1-15-12(14)10-6-2-5-9-8(10)4-3-7-11(9)13/h6-11H,1-5H3;2-7H,1H3. The molecule has 0 bridgehead atoms. The molecule has 0 unspecified atom stereocenters. The summed E-state index contributed by atoms with van der Waals surface area (Å²) in [4.78, 5) is 23.5. The smallest absolute Gasteiger partial charge is 0.465 e. The third-order valence-electron chi connectivity index (χ3n) is 7.14. The van der Waals surface area contributed by atoms with E-state index in [0.717, 1.165) is 31.5 Å². The van der Waals surface area contributed by atoms with Crippen molar-refractivity contribution in [1.29, 1.82) is 0 Å². The molecule has 196 valence electrons. The summed E-state index contributed by atoms with van der Waals surface area (Å²) in [6, 6.07) is 22.7. The Bertz CT molecular complexity index is 1500. The molecule has 0 N–H and O–H groups in total. The first-order chi connectivity index (χ1) is 18.0. The van der Waals surface area contributed by atoms with E-state index in [1.54, 1.807) is 12.1 Å². The maximum atomic E-state index is 12.0. The molecule has 0 radical (unpaired) electrons. The number of fused-ring (bicyclic) bond motifs is 2. The average molecular weight is 577 g/mol. The molecule has 0 saturated carbocycles. The molecule has 6 nitrogen and oxygen atoms in total. The quantitative estimate of drug-likeness (QED) is 0.210. The minimum absolute atomic E-state index is 0.307. The zero-order valence-corrected chi connectivity index (χ0v) is 23.9. The maximum Gasteiger partial charge on any atom is 0.495 e. The summed E-state index contributed by atoms with van der Waals surface area (Å²) in [6.45, 7) is 8.10. The zero-order chi connectivity index (χ0) is 27.7. The molecule has 38 heavy (non-hydrogen) atoms. The molecule has 1 aliphatic rings. The Morgan fingerprint density at radius 1 is 0.658 bits per heavy atom. The van der Waals surface area contributed by atoms with Crippen LogP contribution in [-0.2, 0) is 18.8 Å². The second kappa shape index (κ2) is 10.9. The van der Waals surface area contributed by atoms with Gasteiger partial charge in [0.1, 0.15) is 0 Å². The predicted molar refractivity (Wildman–Crippen MR) is 154 cm³/mol. The van der Waals surface area contributed by atoms with Gasteiger partial charge in [-0.15, -0.1) is 0 Å². The van der Waals surface area contributed by atoms with Gasteiger partial charge in [0, 0.05) is 4.47 Å². The summed E-state index contributed by atoms with van der Waals surface area (Å²) in [5, 5.41) is 3.69. The molecule has 1 heterocycles. The average Bonchev–Trinajstić information content (AvgIpc) is 3.13. The van der Waals surface area contributed by atoms with Gasteiger partial charge in [-0.3, -0.25) is 0 Å². The molecule has 5 rings (SSSR count). The number of hydrogen-bond acceptors (Lipinski definition) is 6. The van der Waals surface area contributed by atoms with Gasteiger partial charge in [0.15, 0.2) is 0 Å². The van der Waals surface area contributed by atoms with Crippen LogP contribution < -0.4 is 5.46 Å². The largest absolute Gasteiger partial charge is 0.495 e. The van der Waals surface area contributed by atoms with E-state index in [1.165, 1.54) is 14.2 Å². The van der Waals surface area contributed by atoms with Gasteiger partial charge in [-0.2, -0.15) is 0 Å². The number of halogens is 1. The molecule has 0 spiro atoms. The Balaban J connectivity index is 0.000000194. The Labute approximate surface area is 231 Å². The summed E-state index contributed by atoms with van der Waals surface area (Å²) < 4.78 is 22.9. The van der Waals surface area contributed by atoms with Gasteiger partial charge >= 0.3 is 19.1 Å². The van der Waals surface area contributed by atoms with E-state index in [2.05, 4.69) is 15.9 Å². The minimum atomic E-state index is -0.461.